The van der Waals surface area contributed by atoms with Gasteiger partial charge in [-0.05, 0) is 30.5 Å². The monoisotopic (exact) mass is 375 g/mol. The topological polar surface area (TPSA) is 63.2 Å². The fourth-order valence-corrected chi connectivity index (χ4v) is 6.48. The lowest BCUT2D eigenvalue weighted by molar-refractivity contribution is 0.0951. The van der Waals surface area contributed by atoms with Crippen molar-refractivity contribution >= 4 is 27.5 Å². The maximum atomic E-state index is 12.5. The van der Waals surface area contributed by atoms with Crippen LogP contribution in [0.5, 0.6) is 0 Å². The van der Waals surface area contributed by atoms with Crippen LogP contribution in [0.1, 0.15) is 22.3 Å². The molecule has 0 aliphatic carbocycles. The Hall–Kier alpha value is -1.79. The first-order chi connectivity index (χ1) is 12.0. The maximum absolute atomic E-state index is 12.5. The number of nitrogens with one attached hydrogen (secondary N) is 1. The van der Waals surface area contributed by atoms with Crippen LogP contribution in [-0.2, 0) is 16.3 Å². The number of hydrogen-bond donors (Lipinski definition) is 1. The van der Waals surface area contributed by atoms with E-state index in [4.69, 9.17) is 0 Å². The van der Waals surface area contributed by atoms with E-state index in [-0.39, 0.29) is 22.7 Å². The van der Waals surface area contributed by atoms with E-state index in [1.165, 1.54) is 17.3 Å². The quantitative estimate of drug-likeness (QED) is 0.843. The molecule has 6 heteroatoms. The van der Waals surface area contributed by atoms with Gasteiger partial charge in [0.25, 0.3) is 5.91 Å². The van der Waals surface area contributed by atoms with E-state index in [1.807, 2.05) is 48.5 Å². The van der Waals surface area contributed by atoms with Gasteiger partial charge in [0.2, 0.25) is 0 Å². The summed E-state index contributed by atoms with van der Waals surface area (Å²) in [5, 5.41) is 2.99. The molecule has 1 aliphatic rings. The third kappa shape index (κ3) is 5.09. The minimum Gasteiger partial charge on any atom is -0.352 e. The average Bonchev–Trinajstić information content (AvgIpc) is 2.95. The predicted molar refractivity (Wildman–Crippen MR) is 102 cm³/mol. The van der Waals surface area contributed by atoms with E-state index >= 15 is 0 Å². The lowest BCUT2D eigenvalue weighted by atomic mass is 10.1. The Bertz CT molecular complexity index is 835. The summed E-state index contributed by atoms with van der Waals surface area (Å²) in [6, 6.07) is 17.4. The number of sulfone groups is 1. The van der Waals surface area contributed by atoms with Gasteiger partial charge >= 0.3 is 0 Å². The molecule has 132 valence electrons. The molecule has 1 atom stereocenters. The molecular weight excluding hydrogens is 354 g/mol. The Morgan fingerprint density at radius 1 is 1.08 bits per heavy atom. The Morgan fingerprint density at radius 2 is 1.80 bits per heavy atom. The van der Waals surface area contributed by atoms with Crippen LogP contribution in [-0.4, -0.2) is 37.6 Å². The van der Waals surface area contributed by atoms with Crippen LogP contribution in [0, 0.1) is 0 Å². The highest BCUT2D eigenvalue weighted by molar-refractivity contribution is 8.02. The van der Waals surface area contributed by atoms with Gasteiger partial charge < -0.3 is 5.32 Å². The number of rotatable bonds is 6. The van der Waals surface area contributed by atoms with Gasteiger partial charge in [0, 0.05) is 16.7 Å². The van der Waals surface area contributed by atoms with Crippen molar-refractivity contribution in [1.82, 2.24) is 5.32 Å². The minimum atomic E-state index is -2.91. The first kappa shape index (κ1) is 18.0. The standard InChI is InChI=1S/C19H21NO3S2/c21-19(20-12-10-15-6-2-1-3-7-15)17-8-4-5-9-18(17)24-16-11-13-25(22,23)14-16/h1-9,16H,10-14H2,(H,20,21)/t16-/m0/s1. The number of benzene rings is 2. The fraction of sp³-hybridized carbons (Fsp3) is 0.316. The van der Waals surface area contributed by atoms with Crippen molar-refractivity contribution in [3.05, 3.63) is 65.7 Å². The molecule has 0 radical (unpaired) electrons. The van der Waals surface area contributed by atoms with Crippen LogP contribution in [0.15, 0.2) is 59.5 Å². The number of carbonyl (C=O) groups is 1. The summed E-state index contributed by atoms with van der Waals surface area (Å²) >= 11 is 1.50. The summed E-state index contributed by atoms with van der Waals surface area (Å²) in [6.07, 6.45) is 1.43. The zero-order chi connectivity index (χ0) is 17.7. The summed E-state index contributed by atoms with van der Waals surface area (Å²) in [7, 11) is -2.91. The molecule has 0 unspecified atom stereocenters. The largest absolute Gasteiger partial charge is 0.352 e. The number of amides is 1. The zero-order valence-corrected chi connectivity index (χ0v) is 15.5. The molecule has 2 aromatic rings. The molecule has 1 amide bonds. The van der Waals surface area contributed by atoms with Crippen LogP contribution in [0.4, 0.5) is 0 Å². The maximum Gasteiger partial charge on any atom is 0.252 e. The second kappa shape index (κ2) is 8.06. The van der Waals surface area contributed by atoms with E-state index in [9.17, 15) is 13.2 Å². The Balaban J connectivity index is 1.61. The van der Waals surface area contributed by atoms with Crippen molar-refractivity contribution in [2.24, 2.45) is 0 Å². The molecule has 0 spiro atoms. The second-order valence-corrected chi connectivity index (χ2v) is 9.70. The summed E-state index contributed by atoms with van der Waals surface area (Å²) < 4.78 is 23.3. The highest BCUT2D eigenvalue weighted by Gasteiger charge is 2.29. The third-order valence-electron chi connectivity index (χ3n) is 4.16. The van der Waals surface area contributed by atoms with Gasteiger partial charge in [0.05, 0.1) is 17.1 Å². The third-order valence-corrected chi connectivity index (χ3v) is 7.48. The van der Waals surface area contributed by atoms with Crippen LogP contribution in [0.25, 0.3) is 0 Å². The van der Waals surface area contributed by atoms with Crippen molar-refractivity contribution in [3.63, 3.8) is 0 Å². The zero-order valence-electron chi connectivity index (χ0n) is 13.9. The lowest BCUT2D eigenvalue weighted by Crippen LogP contribution is -2.26. The van der Waals surface area contributed by atoms with Gasteiger partial charge in [-0.3, -0.25) is 4.79 Å². The van der Waals surface area contributed by atoms with Gasteiger partial charge in [-0.1, -0.05) is 42.5 Å². The van der Waals surface area contributed by atoms with E-state index in [0.717, 1.165) is 11.3 Å². The van der Waals surface area contributed by atoms with Crippen molar-refractivity contribution < 1.29 is 13.2 Å². The van der Waals surface area contributed by atoms with Crippen molar-refractivity contribution in [3.8, 4) is 0 Å². The van der Waals surface area contributed by atoms with Crippen LogP contribution >= 0.6 is 11.8 Å². The summed E-state index contributed by atoms with van der Waals surface area (Å²) in [5.74, 6) is 0.331. The smallest absolute Gasteiger partial charge is 0.252 e. The molecular formula is C19H21NO3S2. The van der Waals surface area contributed by atoms with Gasteiger partial charge in [-0.25, -0.2) is 8.42 Å². The molecule has 4 nitrogen and oxygen atoms in total. The Labute approximate surface area is 152 Å². The van der Waals surface area contributed by atoms with Gasteiger partial charge in [-0.15, -0.1) is 11.8 Å². The average molecular weight is 376 g/mol. The van der Waals surface area contributed by atoms with Crippen LogP contribution < -0.4 is 5.32 Å². The molecule has 2 aromatic carbocycles. The van der Waals surface area contributed by atoms with Crippen molar-refractivity contribution in [2.75, 3.05) is 18.1 Å². The fourth-order valence-electron chi connectivity index (χ4n) is 2.85. The predicted octanol–water partition coefficient (Wildman–Crippen LogP) is 2.94. The van der Waals surface area contributed by atoms with Crippen LogP contribution in [0.2, 0.25) is 0 Å². The van der Waals surface area contributed by atoms with E-state index in [0.29, 0.717) is 18.5 Å². The molecule has 1 aliphatic heterocycles. The molecule has 1 N–H and O–H groups in total. The van der Waals surface area contributed by atoms with Crippen molar-refractivity contribution in [2.45, 2.75) is 23.0 Å². The van der Waals surface area contributed by atoms with E-state index < -0.39 is 9.84 Å². The molecule has 0 bridgehead atoms. The molecule has 0 saturated carbocycles. The summed E-state index contributed by atoms with van der Waals surface area (Å²) in [6.45, 7) is 0.569. The van der Waals surface area contributed by atoms with E-state index in [1.54, 1.807) is 6.07 Å². The van der Waals surface area contributed by atoms with E-state index in [2.05, 4.69) is 5.32 Å². The summed E-state index contributed by atoms with van der Waals surface area (Å²) in [5.41, 5.74) is 1.80. The number of hydrogen-bond acceptors (Lipinski definition) is 4. The highest BCUT2D eigenvalue weighted by atomic mass is 32.2. The Kier molecular flexibility index (Phi) is 5.81. The van der Waals surface area contributed by atoms with Crippen molar-refractivity contribution in [1.29, 1.82) is 0 Å². The normalized spacial score (nSPS) is 18.8. The van der Waals surface area contributed by atoms with Gasteiger partial charge in [-0.2, -0.15) is 0 Å². The minimum absolute atomic E-state index is 0.0308. The highest BCUT2D eigenvalue weighted by Crippen LogP contribution is 2.33. The Morgan fingerprint density at radius 3 is 2.52 bits per heavy atom. The summed E-state index contributed by atoms with van der Waals surface area (Å²) in [4.78, 5) is 13.4. The lowest BCUT2D eigenvalue weighted by Gasteiger charge is -2.12. The second-order valence-electron chi connectivity index (χ2n) is 6.13. The molecule has 0 aromatic heterocycles. The SMILES string of the molecule is O=C(NCCc1ccccc1)c1ccccc1S[C@H]1CCS(=O)(=O)C1. The molecule has 3 rings (SSSR count). The van der Waals surface area contributed by atoms with Gasteiger partial charge in [0.15, 0.2) is 9.84 Å². The molecule has 1 saturated heterocycles. The number of thioether (sulfide) groups is 1. The van der Waals surface area contributed by atoms with Gasteiger partial charge in [0.1, 0.15) is 0 Å². The number of carbonyl (C=O) groups excluding carboxylic acids is 1. The molecule has 25 heavy (non-hydrogen) atoms. The molecule has 1 fully saturated rings. The van der Waals surface area contributed by atoms with Crippen LogP contribution in [0.3, 0.4) is 0 Å². The first-order valence-corrected chi connectivity index (χ1v) is 11.0. The first-order valence-electron chi connectivity index (χ1n) is 8.32. The molecule has 1 heterocycles.